The molecule has 0 bridgehead atoms. The van der Waals surface area contributed by atoms with E-state index in [-0.39, 0.29) is 33.5 Å². The molecule has 1 amide bonds. The van der Waals surface area contributed by atoms with E-state index in [1.165, 1.54) is 12.1 Å². The van der Waals surface area contributed by atoms with E-state index >= 15 is 0 Å². The summed E-state index contributed by atoms with van der Waals surface area (Å²) >= 11 is 0. The molecular weight excluding hydrogens is 578 g/mol. The number of hydrogen-bond acceptors (Lipinski definition) is 7. The first-order valence-electron chi connectivity index (χ1n) is 14.4. The number of benzene rings is 4. The molecule has 230 valence electrons. The number of amides is 1. The molecule has 4 aromatic rings. The van der Waals surface area contributed by atoms with Gasteiger partial charge in [0.1, 0.15) is 22.7 Å². The van der Waals surface area contributed by atoms with Crippen LogP contribution in [0.15, 0.2) is 113 Å². The zero-order valence-corrected chi connectivity index (χ0v) is 26.2. The van der Waals surface area contributed by atoms with Crippen molar-refractivity contribution in [2.75, 3.05) is 13.2 Å². The molecule has 44 heavy (non-hydrogen) atoms. The van der Waals surface area contributed by atoms with E-state index in [0.717, 1.165) is 11.1 Å². The van der Waals surface area contributed by atoms with E-state index in [1.807, 2.05) is 51.1 Å². The van der Waals surface area contributed by atoms with Gasteiger partial charge in [-0.15, -0.1) is 0 Å². The maximum atomic E-state index is 13.5. The fraction of sp³-hybridized carbons (Fsp3) is 0.257. The molecule has 0 aromatic heterocycles. The predicted molar refractivity (Wildman–Crippen MR) is 168 cm³/mol. The number of rotatable bonds is 11. The standard InChI is InChI=1S/C35H37NO7S/c1-5-41-33(37)31-16-9-10-17-32(31)42-28-14-11-15-30(24-28)44(39,40)29-20-18-26(19-21-29)22-23-36(34(38)43-35(2,3)4)25-27-12-7-6-8-13-27/h6-21,24H,5,22-23,25H2,1-4H3. The number of ether oxygens (including phenoxy) is 3. The molecule has 0 N–H and O–H groups in total. The van der Waals surface area contributed by atoms with Crippen LogP contribution in [0.4, 0.5) is 4.79 Å². The number of nitrogens with zero attached hydrogens (tertiary/aromatic N) is 1. The second-order valence-corrected chi connectivity index (χ2v) is 13.0. The number of hydrogen-bond donors (Lipinski definition) is 0. The number of sulfone groups is 1. The highest BCUT2D eigenvalue weighted by atomic mass is 32.2. The van der Waals surface area contributed by atoms with Crippen LogP contribution in [0.5, 0.6) is 11.5 Å². The number of carbonyl (C=O) groups excluding carboxylic acids is 2. The third-order valence-electron chi connectivity index (χ3n) is 6.50. The van der Waals surface area contributed by atoms with Gasteiger partial charge in [0.15, 0.2) is 0 Å². The molecule has 0 saturated carbocycles. The molecule has 0 heterocycles. The molecule has 0 saturated heterocycles. The van der Waals surface area contributed by atoms with Crippen molar-refractivity contribution in [2.45, 2.75) is 56.1 Å². The van der Waals surface area contributed by atoms with Gasteiger partial charge in [-0.05, 0) is 87.7 Å². The van der Waals surface area contributed by atoms with Crippen molar-refractivity contribution in [3.63, 3.8) is 0 Å². The highest BCUT2D eigenvalue weighted by Gasteiger charge is 2.23. The van der Waals surface area contributed by atoms with Crippen molar-refractivity contribution < 1.29 is 32.2 Å². The summed E-state index contributed by atoms with van der Waals surface area (Å²) in [6.07, 6.45) is 0.0998. The monoisotopic (exact) mass is 615 g/mol. The normalized spacial score (nSPS) is 11.5. The van der Waals surface area contributed by atoms with Gasteiger partial charge >= 0.3 is 12.1 Å². The second kappa shape index (κ2) is 14.2. The molecule has 4 aromatic carbocycles. The summed E-state index contributed by atoms with van der Waals surface area (Å²) in [6.45, 7) is 8.20. The van der Waals surface area contributed by atoms with Crippen LogP contribution < -0.4 is 4.74 Å². The van der Waals surface area contributed by atoms with Crippen molar-refractivity contribution in [3.05, 3.63) is 120 Å². The molecule has 0 aliphatic carbocycles. The Bertz CT molecular complexity index is 1680. The summed E-state index contributed by atoms with van der Waals surface area (Å²) in [4.78, 5) is 27.1. The van der Waals surface area contributed by atoms with Crippen molar-refractivity contribution in [1.82, 2.24) is 4.90 Å². The topological polar surface area (TPSA) is 99.2 Å². The first kappa shape index (κ1) is 32.3. The van der Waals surface area contributed by atoms with Gasteiger partial charge in [0.25, 0.3) is 0 Å². The molecule has 0 aliphatic rings. The lowest BCUT2D eigenvalue weighted by Gasteiger charge is -2.27. The summed E-state index contributed by atoms with van der Waals surface area (Å²) < 4.78 is 43.6. The van der Waals surface area contributed by atoms with Crippen molar-refractivity contribution in [1.29, 1.82) is 0 Å². The Hall–Kier alpha value is -4.63. The molecule has 9 heteroatoms. The molecule has 0 aliphatic heterocycles. The Morgan fingerprint density at radius 1 is 0.773 bits per heavy atom. The largest absolute Gasteiger partial charge is 0.462 e. The highest BCUT2D eigenvalue weighted by Crippen LogP contribution is 2.30. The fourth-order valence-corrected chi connectivity index (χ4v) is 5.66. The molecule has 8 nitrogen and oxygen atoms in total. The molecule has 0 unspecified atom stereocenters. The van der Waals surface area contributed by atoms with Gasteiger partial charge in [0, 0.05) is 13.1 Å². The third kappa shape index (κ3) is 8.70. The van der Waals surface area contributed by atoms with E-state index in [0.29, 0.717) is 19.5 Å². The smallest absolute Gasteiger partial charge is 0.410 e. The Labute approximate surface area is 259 Å². The van der Waals surface area contributed by atoms with Crippen LogP contribution in [0.2, 0.25) is 0 Å². The molecule has 0 spiro atoms. The number of para-hydroxylation sites is 1. The van der Waals surface area contributed by atoms with E-state index < -0.39 is 27.5 Å². The Morgan fingerprint density at radius 2 is 1.45 bits per heavy atom. The average Bonchev–Trinajstić information content (AvgIpc) is 2.99. The van der Waals surface area contributed by atoms with Crippen molar-refractivity contribution >= 4 is 21.9 Å². The summed E-state index contributed by atoms with van der Waals surface area (Å²) in [6, 6.07) is 29.0. The number of esters is 1. The highest BCUT2D eigenvalue weighted by molar-refractivity contribution is 7.91. The van der Waals surface area contributed by atoms with Gasteiger partial charge in [-0.2, -0.15) is 0 Å². The molecular formula is C35H37NO7S. The minimum atomic E-state index is -3.87. The SMILES string of the molecule is CCOC(=O)c1ccccc1Oc1cccc(S(=O)(=O)c2ccc(CCN(Cc3ccccc3)C(=O)OC(C)(C)C)cc2)c1. The van der Waals surface area contributed by atoms with Gasteiger partial charge in [-0.3, -0.25) is 0 Å². The zero-order valence-electron chi connectivity index (χ0n) is 25.4. The molecule has 0 radical (unpaired) electrons. The molecule has 0 fully saturated rings. The van der Waals surface area contributed by atoms with Crippen LogP contribution in [0, 0.1) is 0 Å². The van der Waals surface area contributed by atoms with Crippen LogP contribution in [-0.4, -0.2) is 44.1 Å². The Balaban J connectivity index is 1.48. The minimum absolute atomic E-state index is 0.0512. The first-order valence-corrected chi connectivity index (χ1v) is 15.8. The third-order valence-corrected chi connectivity index (χ3v) is 8.27. The Kier molecular flexibility index (Phi) is 10.4. The number of carbonyl (C=O) groups is 2. The van der Waals surface area contributed by atoms with Crippen molar-refractivity contribution in [2.24, 2.45) is 0 Å². The van der Waals surface area contributed by atoms with Crippen molar-refractivity contribution in [3.8, 4) is 11.5 Å². The van der Waals surface area contributed by atoms with E-state index in [1.54, 1.807) is 72.5 Å². The summed E-state index contributed by atoms with van der Waals surface area (Å²) in [5.74, 6) is -0.00104. The maximum absolute atomic E-state index is 13.5. The quantitative estimate of drug-likeness (QED) is 0.161. The van der Waals surface area contributed by atoms with Crippen LogP contribution in [0.1, 0.15) is 49.2 Å². The Morgan fingerprint density at radius 3 is 2.14 bits per heavy atom. The lowest BCUT2D eigenvalue weighted by atomic mass is 10.1. The summed E-state index contributed by atoms with van der Waals surface area (Å²) in [5, 5.41) is 0. The summed E-state index contributed by atoms with van der Waals surface area (Å²) in [5.41, 5.74) is 1.47. The molecule has 0 atom stereocenters. The van der Waals surface area contributed by atoms with Gasteiger partial charge in [-0.25, -0.2) is 18.0 Å². The van der Waals surface area contributed by atoms with Crippen LogP contribution in [0.25, 0.3) is 0 Å². The first-order chi connectivity index (χ1) is 21.0. The van der Waals surface area contributed by atoms with Gasteiger partial charge < -0.3 is 19.1 Å². The van der Waals surface area contributed by atoms with Gasteiger partial charge in [0.2, 0.25) is 9.84 Å². The van der Waals surface area contributed by atoms with Crippen LogP contribution in [0.3, 0.4) is 0 Å². The van der Waals surface area contributed by atoms with Gasteiger partial charge in [-0.1, -0.05) is 60.7 Å². The average molecular weight is 616 g/mol. The molecule has 4 rings (SSSR count). The van der Waals surface area contributed by atoms with E-state index in [2.05, 4.69) is 0 Å². The minimum Gasteiger partial charge on any atom is -0.462 e. The van der Waals surface area contributed by atoms with E-state index in [9.17, 15) is 18.0 Å². The second-order valence-electron chi connectivity index (χ2n) is 11.1. The maximum Gasteiger partial charge on any atom is 0.410 e. The van der Waals surface area contributed by atoms with Gasteiger partial charge in [0.05, 0.1) is 16.4 Å². The fourth-order valence-electron chi connectivity index (χ4n) is 4.37. The van der Waals surface area contributed by atoms with Crippen LogP contribution >= 0.6 is 0 Å². The van der Waals surface area contributed by atoms with E-state index in [4.69, 9.17) is 14.2 Å². The predicted octanol–water partition coefficient (Wildman–Crippen LogP) is 7.47. The van der Waals surface area contributed by atoms with Crippen LogP contribution in [-0.2, 0) is 32.3 Å². The zero-order chi connectivity index (χ0) is 31.7. The summed E-state index contributed by atoms with van der Waals surface area (Å²) in [7, 11) is -3.87. The lowest BCUT2D eigenvalue weighted by Crippen LogP contribution is -2.37. The lowest BCUT2D eigenvalue weighted by molar-refractivity contribution is 0.0235.